The van der Waals surface area contributed by atoms with Gasteiger partial charge >= 0.3 is 0 Å². The highest BCUT2D eigenvalue weighted by Gasteiger charge is 2.18. The first-order valence-electron chi connectivity index (χ1n) is 10.00. The normalized spacial score (nSPS) is 15.3. The monoisotopic (exact) mass is 396 g/mol. The number of hydrogen-bond donors (Lipinski definition) is 0. The number of halogens is 1. The Labute approximate surface area is 169 Å². The van der Waals surface area contributed by atoms with Gasteiger partial charge in [-0.05, 0) is 61.9 Å². The van der Waals surface area contributed by atoms with E-state index in [-0.39, 0.29) is 5.82 Å². The van der Waals surface area contributed by atoms with Crippen molar-refractivity contribution >= 4 is 5.69 Å². The van der Waals surface area contributed by atoms with Crippen LogP contribution in [0.4, 0.5) is 10.1 Å². The first kappa shape index (κ1) is 19.4. The van der Waals surface area contributed by atoms with E-state index < -0.39 is 0 Å². The Morgan fingerprint density at radius 2 is 1.79 bits per heavy atom. The van der Waals surface area contributed by atoms with Gasteiger partial charge in [0.1, 0.15) is 11.6 Å². The van der Waals surface area contributed by atoms with Gasteiger partial charge in [0, 0.05) is 37.4 Å². The molecule has 0 radical (unpaired) electrons. The molecule has 0 N–H and O–H groups in total. The van der Waals surface area contributed by atoms with Gasteiger partial charge in [0.25, 0.3) is 0 Å². The third kappa shape index (κ3) is 4.92. The fraction of sp³-hybridized carbons (Fsp3) is 0.364. The van der Waals surface area contributed by atoms with Crippen molar-refractivity contribution in [2.75, 3.05) is 37.7 Å². The van der Waals surface area contributed by atoms with E-state index in [1.165, 1.54) is 12.1 Å². The lowest BCUT2D eigenvalue weighted by atomic mass is 10.2. The van der Waals surface area contributed by atoms with Gasteiger partial charge in [-0.15, -0.1) is 0 Å². The fourth-order valence-electron chi connectivity index (χ4n) is 3.53. The van der Waals surface area contributed by atoms with Crippen LogP contribution in [0.25, 0.3) is 11.4 Å². The van der Waals surface area contributed by atoms with Crippen LogP contribution in [0.1, 0.15) is 19.2 Å². The highest BCUT2D eigenvalue weighted by atomic mass is 19.1. The molecule has 0 spiro atoms. The number of rotatable bonds is 6. The highest BCUT2D eigenvalue weighted by molar-refractivity contribution is 5.55. The lowest BCUT2D eigenvalue weighted by Gasteiger charge is -2.23. The molecule has 152 valence electrons. The summed E-state index contributed by atoms with van der Waals surface area (Å²) in [5, 5.41) is 4.12. The zero-order chi connectivity index (χ0) is 20.1. The van der Waals surface area contributed by atoms with Gasteiger partial charge in [-0.1, -0.05) is 5.16 Å². The summed E-state index contributed by atoms with van der Waals surface area (Å²) in [5.74, 6) is 1.83. The van der Waals surface area contributed by atoms with Crippen molar-refractivity contribution in [2.45, 2.75) is 19.9 Å². The van der Waals surface area contributed by atoms with Crippen LogP contribution >= 0.6 is 0 Å². The number of nitrogens with zero attached hydrogens (tertiary/aromatic N) is 4. The first-order chi connectivity index (χ1) is 14.2. The van der Waals surface area contributed by atoms with Crippen molar-refractivity contribution in [3.63, 3.8) is 0 Å². The second-order valence-corrected chi connectivity index (χ2v) is 7.06. The molecule has 0 amide bonds. The van der Waals surface area contributed by atoms with Crippen molar-refractivity contribution < 1.29 is 13.7 Å². The molecule has 0 aliphatic carbocycles. The van der Waals surface area contributed by atoms with Gasteiger partial charge in [-0.3, -0.25) is 4.90 Å². The van der Waals surface area contributed by atoms with Gasteiger partial charge in [0.2, 0.25) is 11.7 Å². The zero-order valence-electron chi connectivity index (χ0n) is 16.6. The van der Waals surface area contributed by atoms with Crippen LogP contribution in [0.5, 0.6) is 5.75 Å². The third-order valence-corrected chi connectivity index (χ3v) is 5.03. The van der Waals surface area contributed by atoms with E-state index in [4.69, 9.17) is 9.26 Å². The van der Waals surface area contributed by atoms with Crippen LogP contribution in [0.3, 0.4) is 0 Å². The summed E-state index contributed by atoms with van der Waals surface area (Å²) in [5.41, 5.74) is 1.96. The Kier molecular flexibility index (Phi) is 6.05. The lowest BCUT2D eigenvalue weighted by molar-refractivity contribution is 0.239. The van der Waals surface area contributed by atoms with Crippen LogP contribution in [0, 0.1) is 5.82 Å². The average Bonchev–Trinajstić information content (AvgIpc) is 3.08. The zero-order valence-corrected chi connectivity index (χ0v) is 16.6. The Morgan fingerprint density at radius 1 is 1.00 bits per heavy atom. The van der Waals surface area contributed by atoms with E-state index >= 15 is 0 Å². The molecule has 1 aliphatic rings. The summed E-state index contributed by atoms with van der Waals surface area (Å²) in [6.07, 6.45) is 1.03. The molecule has 0 unspecified atom stereocenters. The minimum absolute atomic E-state index is 0.204. The van der Waals surface area contributed by atoms with Crippen LogP contribution in [-0.4, -0.2) is 47.8 Å². The SMILES string of the molecule is CCOc1ccc(-c2noc(CN3CCCN(c4ccc(F)cc4)CC3)n2)cc1. The fourth-order valence-corrected chi connectivity index (χ4v) is 3.53. The molecule has 4 rings (SSSR count). The van der Waals surface area contributed by atoms with Gasteiger partial charge in [0.15, 0.2) is 0 Å². The Morgan fingerprint density at radius 3 is 2.55 bits per heavy atom. The predicted octanol–water partition coefficient (Wildman–Crippen LogP) is 3.99. The number of ether oxygens (including phenoxy) is 1. The van der Waals surface area contributed by atoms with E-state index in [0.29, 0.717) is 24.9 Å². The molecule has 29 heavy (non-hydrogen) atoms. The summed E-state index contributed by atoms with van der Waals surface area (Å²) >= 11 is 0. The molecule has 1 aromatic heterocycles. The number of benzene rings is 2. The molecule has 7 heteroatoms. The maximum atomic E-state index is 13.2. The van der Waals surface area contributed by atoms with E-state index in [1.54, 1.807) is 0 Å². The molecule has 2 aromatic carbocycles. The molecular weight excluding hydrogens is 371 g/mol. The van der Waals surface area contributed by atoms with Crippen molar-refractivity contribution in [2.24, 2.45) is 0 Å². The van der Waals surface area contributed by atoms with Crippen molar-refractivity contribution in [1.29, 1.82) is 0 Å². The smallest absolute Gasteiger partial charge is 0.241 e. The van der Waals surface area contributed by atoms with E-state index in [9.17, 15) is 4.39 Å². The molecule has 1 fully saturated rings. The second-order valence-electron chi connectivity index (χ2n) is 7.06. The molecule has 6 nitrogen and oxygen atoms in total. The van der Waals surface area contributed by atoms with E-state index in [0.717, 1.165) is 49.6 Å². The molecule has 0 saturated carbocycles. The summed E-state index contributed by atoms with van der Waals surface area (Å²) < 4.78 is 24.1. The summed E-state index contributed by atoms with van der Waals surface area (Å²) in [7, 11) is 0. The lowest BCUT2D eigenvalue weighted by Crippen LogP contribution is -2.30. The quantitative estimate of drug-likeness (QED) is 0.628. The summed E-state index contributed by atoms with van der Waals surface area (Å²) in [4.78, 5) is 9.16. The number of aromatic nitrogens is 2. The molecule has 2 heterocycles. The molecule has 3 aromatic rings. The molecule has 1 aliphatic heterocycles. The van der Waals surface area contributed by atoms with Gasteiger partial charge in [0.05, 0.1) is 13.2 Å². The number of hydrogen-bond acceptors (Lipinski definition) is 6. The second kappa shape index (κ2) is 9.05. The van der Waals surface area contributed by atoms with Crippen LogP contribution in [-0.2, 0) is 6.54 Å². The molecule has 0 atom stereocenters. The Bertz CT molecular complexity index is 911. The Balaban J connectivity index is 1.35. The topological polar surface area (TPSA) is 54.6 Å². The predicted molar refractivity (Wildman–Crippen MR) is 109 cm³/mol. The molecule has 1 saturated heterocycles. The maximum Gasteiger partial charge on any atom is 0.241 e. The van der Waals surface area contributed by atoms with Crippen molar-refractivity contribution in [3.05, 3.63) is 60.2 Å². The number of anilines is 1. The summed E-state index contributed by atoms with van der Waals surface area (Å²) in [6.45, 7) is 6.90. The maximum absolute atomic E-state index is 13.2. The minimum Gasteiger partial charge on any atom is -0.494 e. The van der Waals surface area contributed by atoms with Crippen LogP contribution in [0.2, 0.25) is 0 Å². The Hall–Kier alpha value is -2.93. The van der Waals surface area contributed by atoms with Gasteiger partial charge < -0.3 is 14.2 Å². The third-order valence-electron chi connectivity index (χ3n) is 5.03. The van der Waals surface area contributed by atoms with E-state index in [1.807, 2.05) is 43.3 Å². The van der Waals surface area contributed by atoms with Crippen molar-refractivity contribution in [3.8, 4) is 17.1 Å². The molecular formula is C22H25FN4O2. The highest BCUT2D eigenvalue weighted by Crippen LogP contribution is 2.21. The average molecular weight is 396 g/mol. The largest absolute Gasteiger partial charge is 0.494 e. The van der Waals surface area contributed by atoms with Crippen molar-refractivity contribution in [1.82, 2.24) is 15.0 Å². The van der Waals surface area contributed by atoms with E-state index in [2.05, 4.69) is 19.9 Å². The van der Waals surface area contributed by atoms with Gasteiger partial charge in [-0.2, -0.15) is 4.98 Å². The first-order valence-corrected chi connectivity index (χ1v) is 10.00. The summed E-state index contributed by atoms with van der Waals surface area (Å²) in [6, 6.07) is 14.4. The minimum atomic E-state index is -0.204. The standard InChI is InChI=1S/C22H25FN4O2/c1-2-28-20-10-4-17(5-11-20)22-24-21(29-25-22)16-26-12-3-13-27(15-14-26)19-8-6-18(23)7-9-19/h4-11H,2-3,12-16H2,1H3. The van der Waals surface area contributed by atoms with Crippen LogP contribution < -0.4 is 9.64 Å². The van der Waals surface area contributed by atoms with Crippen LogP contribution in [0.15, 0.2) is 53.1 Å². The molecule has 0 bridgehead atoms. The van der Waals surface area contributed by atoms with Gasteiger partial charge in [-0.25, -0.2) is 4.39 Å².